The number of ketones is 1. The van der Waals surface area contributed by atoms with Crippen LogP contribution in [-0.2, 0) is 33.4 Å². The fraction of sp³-hybridized carbons (Fsp3) is 0.765. The first-order valence-electron chi connectivity index (χ1n) is 23.5. The third kappa shape index (κ3) is 12.1. The number of fused-ring (bicyclic) bond motifs is 2. The highest BCUT2D eigenvalue weighted by Crippen LogP contribution is 2.49. The molecular weight excluding hydrogens is 757 g/mol. The molecule has 0 radical (unpaired) electrons. The van der Waals surface area contributed by atoms with Gasteiger partial charge in [0.1, 0.15) is 24.1 Å². The molecular formula is C51H78O9. The molecule has 5 rings (SSSR count). The number of allylic oxidation sites excluding steroid dienone is 7. The van der Waals surface area contributed by atoms with E-state index in [9.17, 15) is 29.4 Å². The maximum Gasteiger partial charge on any atom is 0.311 e. The Morgan fingerprint density at radius 3 is 2.02 bits per heavy atom. The minimum Gasteiger partial charge on any atom is -0.462 e. The van der Waals surface area contributed by atoms with E-state index in [-0.39, 0.29) is 72.3 Å². The van der Waals surface area contributed by atoms with E-state index in [4.69, 9.17) is 14.2 Å². The van der Waals surface area contributed by atoms with Gasteiger partial charge >= 0.3 is 17.9 Å². The van der Waals surface area contributed by atoms with Gasteiger partial charge in [0.25, 0.3) is 0 Å². The van der Waals surface area contributed by atoms with E-state index in [2.05, 4.69) is 71.1 Å². The molecule has 5 aliphatic rings. The second-order valence-corrected chi connectivity index (χ2v) is 20.9. The van der Waals surface area contributed by atoms with Crippen molar-refractivity contribution in [2.24, 2.45) is 64.1 Å². The van der Waals surface area contributed by atoms with E-state index < -0.39 is 41.8 Å². The van der Waals surface area contributed by atoms with Crippen molar-refractivity contribution < 1.29 is 43.6 Å². The van der Waals surface area contributed by atoms with E-state index in [0.29, 0.717) is 55.6 Å². The van der Waals surface area contributed by atoms with Crippen LogP contribution in [0.2, 0.25) is 0 Å². The van der Waals surface area contributed by atoms with Gasteiger partial charge in [0.05, 0.1) is 30.5 Å². The molecule has 60 heavy (non-hydrogen) atoms. The first-order chi connectivity index (χ1) is 28.2. The molecule has 0 spiro atoms. The number of esters is 3. The summed E-state index contributed by atoms with van der Waals surface area (Å²) in [5, 5.41) is 22.0. The summed E-state index contributed by atoms with van der Waals surface area (Å²) in [5.41, 5.74) is 1.61. The number of ether oxygens (including phenoxy) is 3. The highest BCUT2D eigenvalue weighted by atomic mass is 16.6. The highest BCUT2D eigenvalue weighted by molar-refractivity contribution is 5.84. The number of hydrogen-bond acceptors (Lipinski definition) is 9. The maximum absolute atomic E-state index is 13.4. The van der Waals surface area contributed by atoms with Crippen molar-refractivity contribution in [2.75, 3.05) is 0 Å². The van der Waals surface area contributed by atoms with Crippen molar-refractivity contribution in [1.29, 1.82) is 0 Å². The van der Waals surface area contributed by atoms with Crippen LogP contribution in [0.4, 0.5) is 0 Å². The molecule has 1 aliphatic heterocycles. The molecule has 1 saturated heterocycles. The van der Waals surface area contributed by atoms with Crippen LogP contribution in [0.5, 0.6) is 0 Å². The van der Waals surface area contributed by atoms with E-state index in [0.717, 1.165) is 32.1 Å². The Morgan fingerprint density at radius 2 is 1.38 bits per heavy atom. The average Bonchev–Trinajstić information content (AvgIpc) is 3.16. The number of rotatable bonds is 18. The van der Waals surface area contributed by atoms with Gasteiger partial charge in [0.2, 0.25) is 0 Å². The summed E-state index contributed by atoms with van der Waals surface area (Å²) in [4.78, 5) is 52.5. The SMILES string of the molecule is CCC(C)(C)C(=O)C[C@H]1C[C@@H](C)C=C2C=C[C@H](C)[C@H](CC[C@@H](O)C[C@@H](O)CC(=O)O[C@H]3CC(=O)O[C@H](CC[C@@H]4[C@@H]5C(=C[C@H](C)C[C@@H]5OC(=O)C(C)(C)CC)C=C[C@@H]4C)C3)[C@H]21. The minimum absolute atomic E-state index is 0.0326. The van der Waals surface area contributed by atoms with Crippen LogP contribution < -0.4 is 0 Å². The Kier molecular flexibility index (Phi) is 16.3. The van der Waals surface area contributed by atoms with Gasteiger partial charge in [-0.3, -0.25) is 19.2 Å². The van der Waals surface area contributed by atoms with Gasteiger partial charge in [0.15, 0.2) is 0 Å². The molecule has 0 amide bonds. The van der Waals surface area contributed by atoms with Gasteiger partial charge in [-0.25, -0.2) is 0 Å². The van der Waals surface area contributed by atoms with Crippen molar-refractivity contribution >= 4 is 23.7 Å². The zero-order chi connectivity index (χ0) is 44.1. The van der Waals surface area contributed by atoms with Crippen LogP contribution >= 0.6 is 0 Å². The van der Waals surface area contributed by atoms with Crippen LogP contribution in [0.15, 0.2) is 47.6 Å². The summed E-state index contributed by atoms with van der Waals surface area (Å²) < 4.78 is 17.8. The number of carbonyl (C=O) groups excluding carboxylic acids is 4. The number of carbonyl (C=O) groups is 4. The summed E-state index contributed by atoms with van der Waals surface area (Å²) in [7, 11) is 0. The van der Waals surface area contributed by atoms with Crippen molar-refractivity contribution in [2.45, 2.75) is 183 Å². The van der Waals surface area contributed by atoms with Crippen molar-refractivity contribution in [3.05, 3.63) is 47.6 Å². The quantitative estimate of drug-likeness (QED) is 0.102. The molecule has 9 heteroatoms. The third-order valence-corrected chi connectivity index (χ3v) is 15.3. The standard InChI is InChI=1S/C51H78O9/c1-11-50(7,8)44(54)25-36-23-30(3)21-34-15-13-32(5)41(47(34)36)19-17-37(52)26-38(53)27-45(55)59-40-28-39(58-46(56)29-40)18-20-42-33(6)14-16-35-22-31(4)24-43(48(35)42)60-49(57)51(9,10)12-2/h13-16,21-22,30-33,36-43,47-48,52-53H,11-12,17-20,23-29H2,1-10H3/t30-,31-,32-,33-,36+,37+,38+,39+,40+,41-,42-,43-,47+,48-/m0/s1. The highest BCUT2D eigenvalue weighted by Gasteiger charge is 2.45. The summed E-state index contributed by atoms with van der Waals surface area (Å²) in [6, 6.07) is 0. The van der Waals surface area contributed by atoms with Gasteiger partial charge in [-0.05, 0) is 130 Å². The molecule has 4 aliphatic carbocycles. The van der Waals surface area contributed by atoms with E-state index in [1.165, 1.54) is 11.1 Å². The molecule has 0 aromatic carbocycles. The second-order valence-electron chi connectivity index (χ2n) is 20.9. The predicted octanol–water partition coefficient (Wildman–Crippen LogP) is 9.83. The lowest BCUT2D eigenvalue weighted by atomic mass is 9.60. The molecule has 0 unspecified atom stereocenters. The number of aliphatic hydroxyl groups excluding tert-OH is 2. The fourth-order valence-electron chi connectivity index (χ4n) is 10.7. The van der Waals surface area contributed by atoms with E-state index in [1.54, 1.807) is 0 Å². The molecule has 9 nitrogen and oxygen atoms in total. The van der Waals surface area contributed by atoms with Crippen LogP contribution in [-0.4, -0.2) is 64.4 Å². The molecule has 0 bridgehead atoms. The Bertz CT molecular complexity index is 1650. The van der Waals surface area contributed by atoms with E-state index >= 15 is 0 Å². The molecule has 0 aromatic heterocycles. The topological polar surface area (TPSA) is 136 Å². The second kappa shape index (κ2) is 20.4. The van der Waals surface area contributed by atoms with Gasteiger partial charge in [-0.2, -0.15) is 0 Å². The van der Waals surface area contributed by atoms with Gasteiger partial charge < -0.3 is 24.4 Å². The summed E-state index contributed by atoms with van der Waals surface area (Å²) in [6.45, 7) is 20.8. The zero-order valence-electron chi connectivity index (χ0n) is 38.5. The van der Waals surface area contributed by atoms with Gasteiger partial charge in [-0.1, -0.05) is 91.8 Å². The number of Topliss-reactive ketones (excluding diaryl/α,β-unsaturated/α-hetero) is 1. The van der Waals surface area contributed by atoms with Crippen molar-refractivity contribution in [3.63, 3.8) is 0 Å². The van der Waals surface area contributed by atoms with Gasteiger partial charge in [-0.15, -0.1) is 0 Å². The van der Waals surface area contributed by atoms with Gasteiger partial charge in [0, 0.05) is 24.2 Å². The first-order valence-corrected chi connectivity index (χ1v) is 23.5. The number of hydrogen-bond donors (Lipinski definition) is 2. The van der Waals surface area contributed by atoms with Crippen LogP contribution in [0, 0.1) is 64.1 Å². The minimum atomic E-state index is -1.08. The summed E-state index contributed by atoms with van der Waals surface area (Å²) >= 11 is 0. The van der Waals surface area contributed by atoms with Crippen LogP contribution in [0.3, 0.4) is 0 Å². The largest absolute Gasteiger partial charge is 0.462 e. The Morgan fingerprint density at radius 1 is 0.783 bits per heavy atom. The number of cyclic esters (lactones) is 1. The fourth-order valence-corrected chi connectivity index (χ4v) is 10.7. The lowest BCUT2D eigenvalue weighted by Gasteiger charge is -2.44. The predicted molar refractivity (Wildman–Crippen MR) is 234 cm³/mol. The Hall–Kier alpha value is -3.04. The molecule has 14 atom stereocenters. The normalized spacial score (nSPS) is 34.0. The zero-order valence-corrected chi connectivity index (χ0v) is 38.5. The summed E-state index contributed by atoms with van der Waals surface area (Å²) in [5.74, 6) is 1.41. The smallest absolute Gasteiger partial charge is 0.311 e. The Balaban J connectivity index is 1.11. The lowest BCUT2D eigenvalue weighted by molar-refractivity contribution is -0.171. The van der Waals surface area contributed by atoms with E-state index in [1.807, 2.05) is 34.6 Å². The molecule has 1 heterocycles. The molecule has 336 valence electrons. The van der Waals surface area contributed by atoms with Crippen molar-refractivity contribution in [1.82, 2.24) is 0 Å². The van der Waals surface area contributed by atoms with Crippen molar-refractivity contribution in [3.8, 4) is 0 Å². The van der Waals surface area contributed by atoms with Crippen LogP contribution in [0.1, 0.15) is 153 Å². The Labute approximate surface area is 361 Å². The average molecular weight is 835 g/mol. The monoisotopic (exact) mass is 835 g/mol. The third-order valence-electron chi connectivity index (χ3n) is 15.3. The summed E-state index contributed by atoms with van der Waals surface area (Å²) in [6.07, 6.45) is 16.9. The molecule has 2 N–H and O–H groups in total. The molecule has 1 fully saturated rings. The van der Waals surface area contributed by atoms with Crippen LogP contribution in [0.25, 0.3) is 0 Å². The first kappa shape index (κ1) is 48.0. The molecule has 0 aromatic rings. The molecule has 0 saturated carbocycles. The number of aliphatic hydroxyl groups is 2. The lowest BCUT2D eigenvalue weighted by Crippen LogP contribution is -2.43. The maximum atomic E-state index is 13.4.